The lowest BCUT2D eigenvalue weighted by Gasteiger charge is -2.34. The molecule has 2 heterocycles. The van der Waals surface area contributed by atoms with Crippen molar-refractivity contribution in [2.24, 2.45) is 5.92 Å². The molecule has 0 spiro atoms. The average Bonchev–Trinajstić information content (AvgIpc) is 2.63. The van der Waals surface area contributed by atoms with Crippen molar-refractivity contribution < 1.29 is 26.8 Å². The van der Waals surface area contributed by atoms with E-state index < -0.39 is 0 Å². The maximum absolute atomic E-state index is 6.14. The van der Waals surface area contributed by atoms with Crippen molar-refractivity contribution in [1.82, 2.24) is 0 Å². The zero-order chi connectivity index (χ0) is 16.2. The monoisotopic (exact) mass is 359 g/mol. The lowest BCUT2D eigenvalue weighted by molar-refractivity contribution is -0.911. The summed E-state index contributed by atoms with van der Waals surface area (Å²) in [5, 5.41) is 0. The lowest BCUT2D eigenvalue weighted by Crippen LogP contribution is -3.15. The van der Waals surface area contributed by atoms with Crippen LogP contribution >= 0.6 is 0 Å². The number of fused-ring (bicyclic) bond motifs is 1. The molecule has 1 saturated heterocycles. The first-order valence-electron chi connectivity index (χ1n) is 9.13. The Balaban J connectivity index is 0.00000182. The maximum Gasteiger partial charge on any atom is 0.181 e. The van der Waals surface area contributed by atoms with Gasteiger partial charge in [-0.15, -0.1) is 0 Å². The van der Waals surface area contributed by atoms with E-state index >= 15 is 0 Å². The summed E-state index contributed by atoms with van der Waals surface area (Å²) in [7, 11) is 0. The summed E-state index contributed by atoms with van der Waals surface area (Å²) in [5.41, 5.74) is 1.47. The topological polar surface area (TPSA) is 22.9 Å². The van der Waals surface area contributed by atoms with E-state index in [1.807, 2.05) is 24.3 Å². The van der Waals surface area contributed by atoms with E-state index in [-0.39, 0.29) is 18.5 Å². The first kappa shape index (κ1) is 18.1. The molecule has 0 aromatic heterocycles. The van der Waals surface area contributed by atoms with Gasteiger partial charge in [-0.05, 0) is 37.0 Å². The molecule has 0 aliphatic carbocycles. The van der Waals surface area contributed by atoms with Crippen molar-refractivity contribution in [3.8, 4) is 11.5 Å². The molecule has 0 amide bonds. The molecule has 1 N–H and O–H groups in total. The third-order valence-corrected chi connectivity index (χ3v) is 5.17. The molecule has 2 aliphatic heterocycles. The van der Waals surface area contributed by atoms with Crippen LogP contribution in [0.4, 0.5) is 0 Å². The summed E-state index contributed by atoms with van der Waals surface area (Å²) in [5.74, 6) is 2.56. The zero-order valence-electron chi connectivity index (χ0n) is 14.5. The van der Waals surface area contributed by atoms with Crippen LogP contribution in [-0.4, -0.2) is 32.3 Å². The van der Waals surface area contributed by atoms with Crippen LogP contribution in [-0.2, 0) is 6.42 Å². The van der Waals surface area contributed by atoms with Crippen LogP contribution in [0.1, 0.15) is 18.4 Å². The number of benzene rings is 2. The van der Waals surface area contributed by atoms with E-state index in [4.69, 9.17) is 9.47 Å². The van der Waals surface area contributed by atoms with Gasteiger partial charge in [-0.2, -0.15) is 0 Å². The number of likely N-dealkylation sites (tertiary alicyclic amines) is 1. The number of ether oxygens (including phenoxy) is 2. The molecular formula is C21H26ClNO2. The number of quaternary nitrogens is 1. The van der Waals surface area contributed by atoms with Crippen LogP contribution in [0.25, 0.3) is 0 Å². The van der Waals surface area contributed by atoms with Gasteiger partial charge in [0.1, 0.15) is 13.2 Å². The van der Waals surface area contributed by atoms with Crippen LogP contribution in [0, 0.1) is 5.92 Å². The Kier molecular flexibility index (Phi) is 6.22. The Hall–Kier alpha value is -1.71. The standard InChI is InChI=1S/C21H25NO2.ClH/c1-2-7-17(8-3-1)13-18-9-6-12-22(14-18)15-19-16-23-20-10-4-5-11-21(20)24-19;/h1-5,7-8,10-11,18-19H,6,9,12-16H2;1H. The number of para-hydroxylation sites is 2. The molecule has 4 rings (SSSR count). The quantitative estimate of drug-likeness (QED) is 0.785. The molecule has 3 unspecified atom stereocenters. The van der Waals surface area contributed by atoms with E-state index in [0.717, 1.165) is 24.0 Å². The number of nitrogens with one attached hydrogen (secondary N) is 1. The largest absolute Gasteiger partial charge is 1.00 e. The second-order valence-corrected chi connectivity index (χ2v) is 7.10. The second-order valence-electron chi connectivity index (χ2n) is 7.10. The highest BCUT2D eigenvalue weighted by Crippen LogP contribution is 2.30. The van der Waals surface area contributed by atoms with Gasteiger partial charge in [-0.25, -0.2) is 0 Å². The van der Waals surface area contributed by atoms with Crippen LogP contribution in [0.15, 0.2) is 54.6 Å². The van der Waals surface area contributed by atoms with E-state index in [2.05, 4.69) is 30.3 Å². The van der Waals surface area contributed by atoms with Gasteiger partial charge >= 0.3 is 0 Å². The predicted octanol–water partition coefficient (Wildman–Crippen LogP) is -0.632. The highest BCUT2D eigenvalue weighted by molar-refractivity contribution is 5.40. The third-order valence-electron chi connectivity index (χ3n) is 5.17. The second kappa shape index (κ2) is 8.59. The van der Waals surface area contributed by atoms with Crippen LogP contribution in [0.3, 0.4) is 0 Å². The van der Waals surface area contributed by atoms with Gasteiger partial charge in [-0.3, -0.25) is 0 Å². The van der Waals surface area contributed by atoms with E-state index in [9.17, 15) is 0 Å². The minimum Gasteiger partial charge on any atom is -1.00 e. The van der Waals surface area contributed by atoms with E-state index in [0.29, 0.717) is 6.61 Å². The Morgan fingerprint density at radius 3 is 2.56 bits per heavy atom. The number of piperidine rings is 1. The van der Waals surface area contributed by atoms with Crippen molar-refractivity contribution >= 4 is 0 Å². The van der Waals surface area contributed by atoms with Crippen molar-refractivity contribution in [3.63, 3.8) is 0 Å². The van der Waals surface area contributed by atoms with Crippen molar-refractivity contribution in [2.75, 3.05) is 26.2 Å². The Morgan fingerprint density at radius 2 is 1.72 bits per heavy atom. The third kappa shape index (κ3) is 4.68. The molecule has 0 bridgehead atoms. The van der Waals surface area contributed by atoms with Crippen molar-refractivity contribution in [1.29, 1.82) is 0 Å². The fraction of sp³-hybridized carbons (Fsp3) is 0.429. The Labute approximate surface area is 156 Å². The van der Waals surface area contributed by atoms with Gasteiger partial charge in [0.15, 0.2) is 17.6 Å². The summed E-state index contributed by atoms with van der Waals surface area (Å²) in [6.07, 6.45) is 4.04. The average molecular weight is 360 g/mol. The fourth-order valence-electron chi connectivity index (χ4n) is 4.05. The highest BCUT2D eigenvalue weighted by Gasteiger charge is 2.29. The fourth-order valence-corrected chi connectivity index (χ4v) is 4.05. The van der Waals surface area contributed by atoms with Gasteiger partial charge in [0, 0.05) is 5.92 Å². The molecule has 2 aromatic carbocycles. The first-order valence-corrected chi connectivity index (χ1v) is 9.13. The van der Waals surface area contributed by atoms with Crippen LogP contribution in [0.5, 0.6) is 11.5 Å². The summed E-state index contributed by atoms with van der Waals surface area (Å²) >= 11 is 0. The molecule has 25 heavy (non-hydrogen) atoms. The number of hydrogen-bond acceptors (Lipinski definition) is 2. The molecule has 1 fully saturated rings. The normalized spacial score (nSPS) is 25.0. The molecule has 3 atom stereocenters. The molecule has 0 radical (unpaired) electrons. The maximum atomic E-state index is 6.14. The minimum absolute atomic E-state index is 0. The Bertz CT molecular complexity index is 664. The SMILES string of the molecule is [Cl-].c1ccc(CC2CCC[NH+](CC3COc4ccccc4O3)C2)cc1. The molecular weight excluding hydrogens is 334 g/mol. The van der Waals surface area contributed by atoms with Gasteiger partial charge in [-0.1, -0.05) is 42.5 Å². The molecule has 2 aliphatic rings. The van der Waals surface area contributed by atoms with Gasteiger partial charge in [0.25, 0.3) is 0 Å². The predicted molar refractivity (Wildman–Crippen MR) is 94.8 cm³/mol. The number of halogens is 1. The first-order chi connectivity index (χ1) is 11.9. The van der Waals surface area contributed by atoms with Gasteiger partial charge in [0.05, 0.1) is 13.1 Å². The summed E-state index contributed by atoms with van der Waals surface area (Å²) < 4.78 is 12.0. The van der Waals surface area contributed by atoms with Crippen molar-refractivity contribution in [2.45, 2.75) is 25.4 Å². The smallest absolute Gasteiger partial charge is 0.181 e. The van der Waals surface area contributed by atoms with Gasteiger partial charge < -0.3 is 26.8 Å². The summed E-state index contributed by atoms with van der Waals surface area (Å²) in [4.78, 5) is 1.66. The number of hydrogen-bond donors (Lipinski definition) is 1. The van der Waals surface area contributed by atoms with Crippen LogP contribution < -0.4 is 26.8 Å². The highest BCUT2D eigenvalue weighted by atomic mass is 35.5. The molecule has 0 saturated carbocycles. The summed E-state index contributed by atoms with van der Waals surface area (Å²) in [6, 6.07) is 18.9. The molecule has 134 valence electrons. The van der Waals surface area contributed by atoms with Gasteiger partial charge in [0.2, 0.25) is 0 Å². The number of rotatable bonds is 4. The van der Waals surface area contributed by atoms with Crippen LogP contribution in [0.2, 0.25) is 0 Å². The minimum atomic E-state index is 0. The van der Waals surface area contributed by atoms with E-state index in [1.54, 1.807) is 4.90 Å². The molecule has 4 heteroatoms. The van der Waals surface area contributed by atoms with Crippen molar-refractivity contribution in [3.05, 3.63) is 60.2 Å². The lowest BCUT2D eigenvalue weighted by atomic mass is 9.91. The zero-order valence-corrected chi connectivity index (χ0v) is 15.3. The van der Waals surface area contributed by atoms with E-state index in [1.165, 1.54) is 37.9 Å². The molecule has 3 nitrogen and oxygen atoms in total. The molecule has 2 aromatic rings. The summed E-state index contributed by atoms with van der Waals surface area (Å²) in [6.45, 7) is 4.21. The Morgan fingerprint density at radius 1 is 0.960 bits per heavy atom.